The van der Waals surface area contributed by atoms with Gasteiger partial charge in [0.1, 0.15) is 11.6 Å². The molecule has 4 aromatic heterocycles. The number of nitrogens with zero attached hydrogens (tertiary/aromatic N) is 5. The quantitative estimate of drug-likeness (QED) is 0.149. The van der Waals surface area contributed by atoms with Gasteiger partial charge in [-0.3, -0.25) is 4.57 Å². The van der Waals surface area contributed by atoms with E-state index in [2.05, 4.69) is 157 Å². The zero-order valence-electron chi connectivity index (χ0n) is 42.4. The maximum absolute atomic E-state index is 14.6. The number of hydrogen-bond donors (Lipinski definition) is 0. The Morgan fingerprint density at radius 1 is 0.581 bits per heavy atom. The van der Waals surface area contributed by atoms with Crippen LogP contribution in [0.2, 0.25) is 0 Å². The Bertz CT molecular complexity index is 4160. The molecule has 0 amide bonds. The fourth-order valence-electron chi connectivity index (χ4n) is 11.3. The van der Waals surface area contributed by atoms with Gasteiger partial charge in [-0.05, 0) is 129 Å². The molecule has 5 nitrogen and oxygen atoms in total. The maximum atomic E-state index is 14.6. The third-order valence-corrected chi connectivity index (χ3v) is 14.9. The second-order valence-corrected chi connectivity index (χ2v) is 21.1. The summed E-state index contributed by atoms with van der Waals surface area (Å²) in [5.74, 6) is 1.26. The Kier molecular flexibility index (Phi) is 11.7. The van der Waals surface area contributed by atoms with Crippen molar-refractivity contribution in [1.82, 2.24) is 24.1 Å². The summed E-state index contributed by atoms with van der Waals surface area (Å²) in [6.45, 7) is 17.5. The molecule has 0 aliphatic heterocycles. The van der Waals surface area contributed by atoms with Crippen LogP contribution in [0.1, 0.15) is 73.6 Å². The number of aromatic nitrogens is 5. The fraction of sp³-hybridized carbons (Fsp3) is 0.169. The summed E-state index contributed by atoms with van der Waals surface area (Å²) in [5.41, 5.74) is 15.4. The van der Waals surface area contributed by atoms with Crippen LogP contribution in [0, 0.1) is 26.8 Å². The zero-order valence-corrected chi connectivity index (χ0v) is 44.6. The van der Waals surface area contributed by atoms with E-state index in [1.807, 2.05) is 59.3 Å². The van der Waals surface area contributed by atoms with Crippen molar-refractivity contribution in [2.75, 3.05) is 0 Å². The largest absolute Gasteiger partial charge is 2.00 e. The number of para-hydroxylation sites is 2. The Labute approximate surface area is 443 Å². The van der Waals surface area contributed by atoms with Crippen LogP contribution >= 0.6 is 0 Å². The average Bonchev–Trinajstić information content (AvgIpc) is 4.05. The number of benzene rings is 8. The maximum Gasteiger partial charge on any atom is 2.00 e. The van der Waals surface area contributed by atoms with E-state index < -0.39 is 17.2 Å². The first-order chi connectivity index (χ1) is 35.0. The number of rotatable bonds is 7. The summed E-state index contributed by atoms with van der Waals surface area (Å²) >= 11 is 0. The van der Waals surface area contributed by atoms with Crippen molar-refractivity contribution in [3.05, 3.63) is 215 Å². The third-order valence-electron chi connectivity index (χ3n) is 14.9. The summed E-state index contributed by atoms with van der Waals surface area (Å²) in [5, 5.41) is 4.07. The molecule has 0 aliphatic rings. The molecule has 0 aliphatic carbocycles. The number of alkyl halides is 3. The molecule has 0 atom stereocenters. The molecule has 12 aromatic rings. The van der Waals surface area contributed by atoms with Gasteiger partial charge in [0.25, 0.3) is 0 Å². The molecule has 0 N–H and O–H groups in total. The molecule has 368 valence electrons. The normalized spacial score (nSPS) is 12.4. The third kappa shape index (κ3) is 7.97. The molecule has 0 unspecified atom stereocenters. The van der Waals surface area contributed by atoms with Gasteiger partial charge in [-0.1, -0.05) is 160 Å². The number of pyridine rings is 1. The molecule has 4 heterocycles. The predicted molar refractivity (Wildman–Crippen MR) is 293 cm³/mol. The second kappa shape index (κ2) is 17.8. The number of halogens is 3. The van der Waals surface area contributed by atoms with Gasteiger partial charge in [0.15, 0.2) is 0 Å². The van der Waals surface area contributed by atoms with E-state index in [9.17, 15) is 13.2 Å². The Morgan fingerprint density at radius 3 is 2.07 bits per heavy atom. The first-order valence-corrected chi connectivity index (χ1v) is 24.8. The van der Waals surface area contributed by atoms with E-state index in [4.69, 9.17) is 15.0 Å². The Balaban J connectivity index is 0.00000588. The van der Waals surface area contributed by atoms with Crippen molar-refractivity contribution < 1.29 is 34.2 Å². The Morgan fingerprint density at radius 2 is 1.31 bits per heavy atom. The molecule has 0 radical (unpaired) electrons. The van der Waals surface area contributed by atoms with Crippen LogP contribution in [0.3, 0.4) is 0 Å². The van der Waals surface area contributed by atoms with Crippen molar-refractivity contribution in [3.63, 3.8) is 0 Å². The van der Waals surface area contributed by atoms with Gasteiger partial charge in [0.05, 0.1) is 16.6 Å². The van der Waals surface area contributed by atoms with Crippen molar-refractivity contribution in [2.24, 2.45) is 0 Å². The predicted octanol–water partition coefficient (Wildman–Crippen LogP) is 17.1. The molecule has 12 rings (SSSR count). The van der Waals surface area contributed by atoms with Gasteiger partial charge >= 0.3 is 27.2 Å². The van der Waals surface area contributed by atoms with Crippen LogP contribution in [0.15, 0.2) is 170 Å². The number of hydrogen-bond acceptors (Lipinski definition) is 2. The van der Waals surface area contributed by atoms with Crippen molar-refractivity contribution >= 4 is 54.6 Å². The van der Waals surface area contributed by atoms with E-state index in [-0.39, 0.29) is 26.5 Å². The molecular formula is C65H52F3N5Pt. The summed E-state index contributed by atoms with van der Waals surface area (Å²) in [6, 6.07) is 57.6. The molecule has 0 saturated carbocycles. The van der Waals surface area contributed by atoms with Crippen molar-refractivity contribution in [2.45, 2.75) is 72.4 Å². The number of imidazole rings is 1. The second-order valence-electron chi connectivity index (χ2n) is 21.1. The fourth-order valence-corrected chi connectivity index (χ4v) is 11.3. The van der Waals surface area contributed by atoms with Gasteiger partial charge in [0.2, 0.25) is 0 Å². The standard InChI is InChI=1S/C65H52F3N5.Pt/c1-38-32-39(2)58(40(3)33-38)42-25-29-54-51(34-42)48-26-24-41(35-56(48)73(54)57-37-44(30-31-69-57)63(4,5)6)47-21-15-23-55-60(47)71-62(72(55)46-19-14-18-45(36-46)65(66,67)68)50-27-28-52(64(7,8)43-16-10-9-11-17-43)59-49-20-12-13-22-53(49)70-61(50)59;/h9-34,36-37H,1-8H3;/q-2;+2. The SMILES string of the molecule is Cc1cc(C)c(-c2ccc3c(c2)c2ccc(-c4cccc5c4nc(-c4ccc(C(C)(C)c6ccccc6)c6c4[n-]c4ccccc46)n5-c4cccc(C(F)(F)F)c4)[c-]c2n3-c2cc(C(C)(C)C)ccn2)c(C)c1.[Pt+2]. The average molecular weight is 1160 g/mol. The van der Waals surface area contributed by atoms with Crippen LogP contribution < -0.4 is 4.98 Å². The van der Waals surface area contributed by atoms with Crippen LogP contribution in [0.5, 0.6) is 0 Å². The summed E-state index contributed by atoms with van der Waals surface area (Å²) in [4.78, 5) is 15.8. The number of fused-ring (bicyclic) bond motifs is 7. The molecule has 0 bridgehead atoms. The smallest absolute Gasteiger partial charge is 0.656 e. The van der Waals surface area contributed by atoms with E-state index in [0.29, 0.717) is 28.1 Å². The van der Waals surface area contributed by atoms with E-state index in [0.717, 1.165) is 88.9 Å². The zero-order chi connectivity index (χ0) is 50.7. The summed E-state index contributed by atoms with van der Waals surface area (Å²) < 4.78 is 47.9. The van der Waals surface area contributed by atoms with Crippen LogP contribution in [0.4, 0.5) is 13.2 Å². The first-order valence-electron chi connectivity index (χ1n) is 24.8. The molecule has 0 saturated heterocycles. The van der Waals surface area contributed by atoms with Crippen LogP contribution in [-0.2, 0) is 38.1 Å². The summed E-state index contributed by atoms with van der Waals surface area (Å²) in [7, 11) is 0. The first kappa shape index (κ1) is 48.7. The van der Waals surface area contributed by atoms with Crippen LogP contribution in [-0.4, -0.2) is 19.1 Å². The minimum atomic E-state index is -4.57. The number of aryl methyl sites for hydroxylation is 3. The van der Waals surface area contributed by atoms with E-state index in [1.54, 1.807) is 6.07 Å². The molecule has 74 heavy (non-hydrogen) atoms. The minimum absolute atomic E-state index is 0. The van der Waals surface area contributed by atoms with Gasteiger partial charge in [-0.2, -0.15) is 13.2 Å². The van der Waals surface area contributed by atoms with Crippen molar-refractivity contribution in [3.8, 4) is 45.1 Å². The van der Waals surface area contributed by atoms with Gasteiger partial charge in [0, 0.05) is 28.4 Å². The van der Waals surface area contributed by atoms with E-state index >= 15 is 0 Å². The Hall–Kier alpha value is -7.54. The van der Waals surface area contributed by atoms with E-state index in [1.165, 1.54) is 34.4 Å². The molecular weight excluding hydrogens is 1100 g/mol. The minimum Gasteiger partial charge on any atom is -0.656 e. The van der Waals surface area contributed by atoms with Gasteiger partial charge in [-0.25, -0.2) is 9.97 Å². The van der Waals surface area contributed by atoms with Gasteiger partial charge in [-0.15, -0.1) is 34.8 Å². The molecule has 8 aromatic carbocycles. The molecule has 0 spiro atoms. The molecule has 9 heteroatoms. The van der Waals surface area contributed by atoms with Crippen molar-refractivity contribution in [1.29, 1.82) is 0 Å². The monoisotopic (exact) mass is 1150 g/mol. The topological polar surface area (TPSA) is 49.7 Å². The molecule has 0 fully saturated rings. The van der Waals surface area contributed by atoms with Crippen LogP contribution in [0.25, 0.3) is 99.8 Å². The summed E-state index contributed by atoms with van der Waals surface area (Å²) in [6.07, 6.45) is -2.69. The van der Waals surface area contributed by atoms with Gasteiger partial charge < -0.3 is 9.55 Å².